The van der Waals surface area contributed by atoms with Gasteiger partial charge in [0.15, 0.2) is 5.11 Å². The second kappa shape index (κ2) is 7.45. The van der Waals surface area contributed by atoms with Crippen LogP contribution in [-0.4, -0.2) is 36.0 Å². The lowest BCUT2D eigenvalue weighted by molar-refractivity contribution is -0.136. The van der Waals surface area contributed by atoms with Gasteiger partial charge in [0, 0.05) is 23.8 Å². The van der Waals surface area contributed by atoms with Gasteiger partial charge in [-0.1, -0.05) is 32.9 Å². The van der Waals surface area contributed by atoms with E-state index in [1.54, 1.807) is 11.9 Å². The molecule has 1 aromatic rings. The minimum atomic E-state index is -0.503. The van der Waals surface area contributed by atoms with Gasteiger partial charge in [-0.3, -0.25) is 4.79 Å². The summed E-state index contributed by atoms with van der Waals surface area (Å²) in [7, 11) is 3.15. The van der Waals surface area contributed by atoms with Crippen LogP contribution in [0.25, 0.3) is 0 Å². The Hall–Kier alpha value is -2.41. The molecule has 1 aromatic carbocycles. The predicted molar refractivity (Wildman–Crippen MR) is 105 cm³/mol. The molecule has 1 atom stereocenters. The first-order valence-electron chi connectivity index (χ1n) is 8.31. The van der Waals surface area contributed by atoms with Crippen molar-refractivity contribution < 1.29 is 14.3 Å². The van der Waals surface area contributed by atoms with Crippen molar-refractivity contribution in [3.05, 3.63) is 41.1 Å². The molecule has 0 spiro atoms. The molecule has 0 radical (unpaired) electrons. The minimum Gasteiger partial charge on any atom is -0.466 e. The molecule has 1 heterocycles. The Morgan fingerprint density at radius 1 is 1.31 bits per heavy atom. The third kappa shape index (κ3) is 4.04. The lowest BCUT2D eigenvalue weighted by Gasteiger charge is -2.35. The van der Waals surface area contributed by atoms with Gasteiger partial charge >= 0.3 is 5.97 Å². The Morgan fingerprint density at radius 3 is 2.54 bits per heavy atom. The number of esters is 1. The highest BCUT2D eigenvalue weighted by Gasteiger charge is 2.33. The van der Waals surface area contributed by atoms with Crippen molar-refractivity contribution in [1.82, 2.24) is 10.2 Å². The molecule has 1 unspecified atom stereocenters. The highest BCUT2D eigenvalue weighted by Crippen LogP contribution is 2.32. The highest BCUT2D eigenvalue weighted by atomic mass is 32.1. The number of carbonyl (C=O) groups is 2. The molecule has 140 valence electrons. The largest absolute Gasteiger partial charge is 0.466 e. The van der Waals surface area contributed by atoms with Crippen LogP contribution in [0.4, 0.5) is 5.69 Å². The van der Waals surface area contributed by atoms with Crippen molar-refractivity contribution in [2.24, 2.45) is 5.41 Å². The topological polar surface area (TPSA) is 70.7 Å². The lowest BCUT2D eigenvalue weighted by atomic mass is 9.94. The van der Waals surface area contributed by atoms with E-state index in [2.05, 4.69) is 10.6 Å². The van der Waals surface area contributed by atoms with Crippen LogP contribution in [0.3, 0.4) is 0 Å². The molecule has 1 aliphatic rings. The van der Waals surface area contributed by atoms with Gasteiger partial charge in [-0.05, 0) is 36.8 Å². The fourth-order valence-electron chi connectivity index (χ4n) is 2.57. The molecule has 0 bridgehead atoms. The molecule has 7 heteroatoms. The third-order valence-corrected chi connectivity index (χ3v) is 4.71. The summed E-state index contributed by atoms with van der Waals surface area (Å²) in [6.45, 7) is 7.39. The van der Waals surface area contributed by atoms with Crippen LogP contribution < -0.4 is 10.6 Å². The van der Waals surface area contributed by atoms with E-state index in [1.807, 2.05) is 52.0 Å². The summed E-state index contributed by atoms with van der Waals surface area (Å²) in [5, 5.41) is 6.60. The van der Waals surface area contributed by atoms with Gasteiger partial charge in [0.1, 0.15) is 0 Å². The highest BCUT2D eigenvalue weighted by molar-refractivity contribution is 7.80. The maximum absolute atomic E-state index is 12.3. The average Bonchev–Trinajstić information content (AvgIpc) is 2.58. The van der Waals surface area contributed by atoms with Crippen molar-refractivity contribution in [3.63, 3.8) is 0 Å². The number of nitrogens with one attached hydrogen (secondary N) is 2. The number of amides is 1. The lowest BCUT2D eigenvalue weighted by Crippen LogP contribution is -2.46. The third-order valence-electron chi connectivity index (χ3n) is 4.32. The molecular weight excluding hydrogens is 350 g/mol. The van der Waals surface area contributed by atoms with E-state index >= 15 is 0 Å². The van der Waals surface area contributed by atoms with Crippen LogP contribution >= 0.6 is 12.2 Å². The van der Waals surface area contributed by atoms with Crippen molar-refractivity contribution in [1.29, 1.82) is 0 Å². The molecule has 1 amide bonds. The van der Waals surface area contributed by atoms with Crippen LogP contribution in [0.5, 0.6) is 0 Å². The summed E-state index contributed by atoms with van der Waals surface area (Å²) >= 11 is 5.37. The number of thiocarbonyl (C=S) groups is 1. The predicted octanol–water partition coefficient (Wildman–Crippen LogP) is 2.98. The van der Waals surface area contributed by atoms with Crippen LogP contribution in [0.15, 0.2) is 35.5 Å². The number of allylic oxidation sites excluding steroid dienone is 1. The zero-order valence-electron chi connectivity index (χ0n) is 16.0. The van der Waals surface area contributed by atoms with Gasteiger partial charge in [-0.15, -0.1) is 0 Å². The number of carbonyl (C=O) groups excluding carboxylic acids is 2. The van der Waals surface area contributed by atoms with Crippen molar-refractivity contribution in [2.75, 3.05) is 19.5 Å². The van der Waals surface area contributed by atoms with Gasteiger partial charge in [0.2, 0.25) is 5.91 Å². The normalized spacial score (nSPS) is 17.7. The molecule has 26 heavy (non-hydrogen) atoms. The van der Waals surface area contributed by atoms with Crippen molar-refractivity contribution in [3.8, 4) is 0 Å². The van der Waals surface area contributed by atoms with E-state index in [-0.39, 0.29) is 5.91 Å². The SMILES string of the molecule is COC(=O)C1=C(C)N(C)C(=S)NC1c1cccc(NC(=O)C(C)(C)C)c1. The maximum Gasteiger partial charge on any atom is 0.337 e. The molecule has 6 nitrogen and oxygen atoms in total. The Labute approximate surface area is 159 Å². The molecule has 2 rings (SSSR count). The Morgan fingerprint density at radius 2 is 1.96 bits per heavy atom. The van der Waals surface area contributed by atoms with Gasteiger partial charge in [-0.25, -0.2) is 4.79 Å². The zero-order chi connectivity index (χ0) is 19.6. The molecule has 0 aromatic heterocycles. The number of rotatable bonds is 3. The quantitative estimate of drug-likeness (QED) is 0.625. The monoisotopic (exact) mass is 375 g/mol. The number of hydrogen-bond donors (Lipinski definition) is 2. The first-order chi connectivity index (χ1) is 12.1. The summed E-state index contributed by atoms with van der Waals surface area (Å²) in [6, 6.07) is 6.92. The van der Waals surface area contributed by atoms with E-state index in [1.165, 1.54) is 7.11 Å². The molecule has 2 N–H and O–H groups in total. The summed E-state index contributed by atoms with van der Waals surface area (Å²) in [5.74, 6) is -0.500. The molecule has 1 aliphatic heterocycles. The van der Waals surface area contributed by atoms with E-state index < -0.39 is 17.4 Å². The number of ether oxygens (including phenoxy) is 1. The first-order valence-corrected chi connectivity index (χ1v) is 8.71. The number of anilines is 1. The van der Waals surface area contributed by atoms with E-state index in [9.17, 15) is 9.59 Å². The first kappa shape index (κ1) is 19.9. The number of methoxy groups -OCH3 is 1. The smallest absolute Gasteiger partial charge is 0.337 e. The van der Waals surface area contributed by atoms with Crippen LogP contribution in [0.1, 0.15) is 39.3 Å². The fraction of sp³-hybridized carbons (Fsp3) is 0.421. The summed E-state index contributed by atoms with van der Waals surface area (Å²) in [4.78, 5) is 26.3. The minimum absolute atomic E-state index is 0.0820. The molecule has 0 saturated carbocycles. The van der Waals surface area contributed by atoms with Crippen LogP contribution in [-0.2, 0) is 14.3 Å². The molecule has 0 fully saturated rings. The molecular formula is C19H25N3O3S. The van der Waals surface area contributed by atoms with E-state index in [0.29, 0.717) is 16.4 Å². The van der Waals surface area contributed by atoms with Gasteiger partial charge in [0.25, 0.3) is 0 Å². The van der Waals surface area contributed by atoms with Gasteiger partial charge in [-0.2, -0.15) is 0 Å². The summed E-state index contributed by atoms with van der Waals surface area (Å²) in [5.41, 5.74) is 2.19. The van der Waals surface area contributed by atoms with E-state index in [4.69, 9.17) is 17.0 Å². The second-order valence-electron chi connectivity index (χ2n) is 7.26. The molecule has 0 saturated heterocycles. The number of benzene rings is 1. The maximum atomic E-state index is 12.3. The van der Waals surface area contributed by atoms with Crippen LogP contribution in [0.2, 0.25) is 0 Å². The fourth-order valence-corrected chi connectivity index (χ4v) is 2.83. The Kier molecular flexibility index (Phi) is 5.71. The summed E-state index contributed by atoms with van der Waals surface area (Å²) in [6.07, 6.45) is 0. The average molecular weight is 375 g/mol. The van der Waals surface area contributed by atoms with E-state index in [0.717, 1.165) is 11.3 Å². The standard InChI is InChI=1S/C19H25N3O3S/c1-11-14(16(23)25-6)15(21-18(26)22(11)5)12-8-7-9-13(10-12)20-17(24)19(2,3)4/h7-10,15H,1-6H3,(H,20,24)(H,21,26). The van der Waals surface area contributed by atoms with Crippen LogP contribution in [0, 0.1) is 5.41 Å². The Bertz CT molecular complexity index is 780. The van der Waals surface area contributed by atoms with Gasteiger partial charge < -0.3 is 20.3 Å². The van der Waals surface area contributed by atoms with Crippen molar-refractivity contribution in [2.45, 2.75) is 33.7 Å². The van der Waals surface area contributed by atoms with Crippen molar-refractivity contribution >= 4 is 34.9 Å². The number of nitrogens with zero attached hydrogens (tertiary/aromatic N) is 1. The zero-order valence-corrected chi connectivity index (χ0v) is 16.8. The number of hydrogen-bond acceptors (Lipinski definition) is 4. The van der Waals surface area contributed by atoms with Gasteiger partial charge in [0.05, 0.1) is 18.7 Å². The summed E-state index contributed by atoms with van der Waals surface area (Å²) < 4.78 is 4.96. The molecule has 0 aliphatic carbocycles. The second-order valence-corrected chi connectivity index (χ2v) is 7.65. The Balaban J connectivity index is 2.43.